The zero-order chi connectivity index (χ0) is 12.6. The third-order valence-electron chi connectivity index (χ3n) is 2.36. The minimum absolute atomic E-state index is 0.124. The van der Waals surface area contributed by atoms with Gasteiger partial charge in [-0.3, -0.25) is 0 Å². The Kier molecular flexibility index (Phi) is 2.66. The van der Waals surface area contributed by atoms with E-state index in [-0.39, 0.29) is 11.3 Å². The van der Waals surface area contributed by atoms with Gasteiger partial charge in [-0.2, -0.15) is 0 Å². The Morgan fingerprint density at radius 1 is 1.41 bits per heavy atom. The Hall–Kier alpha value is -1.82. The van der Waals surface area contributed by atoms with Crippen LogP contribution in [0.3, 0.4) is 0 Å². The van der Waals surface area contributed by atoms with Gasteiger partial charge in [-0.05, 0) is 12.1 Å². The molecule has 1 aromatic carbocycles. The molecule has 17 heavy (non-hydrogen) atoms. The second-order valence-corrected chi connectivity index (χ2v) is 6.08. The number of H-pyrrole nitrogens is 1. The van der Waals surface area contributed by atoms with E-state index in [1.54, 1.807) is 18.2 Å². The summed E-state index contributed by atoms with van der Waals surface area (Å²) in [4.78, 5) is 13.8. The molecule has 2 rings (SSSR count). The topological polar surface area (TPSA) is 87.2 Å². The lowest BCUT2D eigenvalue weighted by Crippen LogP contribution is -2.01. The van der Waals surface area contributed by atoms with Gasteiger partial charge in [0.05, 0.1) is 16.8 Å². The molecule has 0 unspecified atom stereocenters. The summed E-state index contributed by atoms with van der Waals surface area (Å²) in [6.07, 6.45) is 1.14. The number of carboxylic acids is 1. The summed E-state index contributed by atoms with van der Waals surface area (Å²) in [7, 11) is -3.14. The Morgan fingerprint density at radius 3 is 2.71 bits per heavy atom. The van der Waals surface area contributed by atoms with Gasteiger partial charge in [-0.25, -0.2) is 13.2 Å². The number of benzene rings is 1. The van der Waals surface area contributed by atoms with Gasteiger partial charge in [0, 0.05) is 17.3 Å². The van der Waals surface area contributed by atoms with Crippen LogP contribution in [-0.2, 0) is 15.6 Å². The van der Waals surface area contributed by atoms with Crippen molar-refractivity contribution in [3.8, 4) is 0 Å². The number of carboxylic acid groups (broad SMARTS) is 1. The van der Waals surface area contributed by atoms with Crippen LogP contribution in [-0.4, -0.2) is 30.7 Å². The Morgan fingerprint density at radius 2 is 2.12 bits per heavy atom. The normalized spacial score (nSPS) is 11.8. The van der Waals surface area contributed by atoms with Crippen molar-refractivity contribution in [1.82, 2.24) is 4.98 Å². The predicted octanol–water partition coefficient (Wildman–Crippen LogP) is 1.41. The fourth-order valence-electron chi connectivity index (χ4n) is 1.75. The number of sulfone groups is 1. The molecule has 0 saturated heterocycles. The lowest BCUT2D eigenvalue weighted by Gasteiger charge is -1.96. The first kappa shape index (κ1) is 11.7. The lowest BCUT2D eigenvalue weighted by atomic mass is 10.1. The Bertz CT molecular complexity index is 685. The molecule has 0 radical (unpaired) electrons. The third-order valence-corrected chi connectivity index (χ3v) is 3.20. The molecule has 2 N–H and O–H groups in total. The molecule has 0 atom stereocenters. The van der Waals surface area contributed by atoms with Crippen molar-refractivity contribution in [2.45, 2.75) is 5.75 Å². The molecule has 6 heteroatoms. The number of aromatic amines is 1. The number of para-hydroxylation sites is 1. The number of nitrogens with one attached hydrogen (secondary N) is 1. The highest BCUT2D eigenvalue weighted by Crippen LogP contribution is 2.20. The van der Waals surface area contributed by atoms with Gasteiger partial charge in [-0.15, -0.1) is 0 Å². The summed E-state index contributed by atoms with van der Waals surface area (Å²) in [5.74, 6) is -1.16. The first-order valence-electron chi connectivity index (χ1n) is 4.88. The highest BCUT2D eigenvalue weighted by Gasteiger charge is 2.12. The van der Waals surface area contributed by atoms with E-state index in [9.17, 15) is 13.2 Å². The number of aromatic nitrogens is 1. The Balaban J connectivity index is 2.58. The largest absolute Gasteiger partial charge is 0.478 e. The van der Waals surface area contributed by atoms with E-state index in [1.165, 1.54) is 6.07 Å². The van der Waals surface area contributed by atoms with Crippen LogP contribution in [0.4, 0.5) is 0 Å². The van der Waals surface area contributed by atoms with Crippen molar-refractivity contribution >= 4 is 26.7 Å². The average Bonchev–Trinajstić information content (AvgIpc) is 2.55. The van der Waals surface area contributed by atoms with Crippen molar-refractivity contribution < 1.29 is 18.3 Å². The van der Waals surface area contributed by atoms with E-state index < -0.39 is 15.8 Å². The number of hydrogen-bond acceptors (Lipinski definition) is 3. The van der Waals surface area contributed by atoms with Crippen molar-refractivity contribution in [2.24, 2.45) is 0 Å². The van der Waals surface area contributed by atoms with Crippen LogP contribution in [0.25, 0.3) is 10.9 Å². The molecule has 0 bridgehead atoms. The number of hydrogen-bond donors (Lipinski definition) is 2. The van der Waals surface area contributed by atoms with Gasteiger partial charge in [0.25, 0.3) is 0 Å². The van der Waals surface area contributed by atoms with Gasteiger partial charge < -0.3 is 10.1 Å². The molecule has 2 aromatic rings. The van der Waals surface area contributed by atoms with Crippen LogP contribution in [0.5, 0.6) is 0 Å². The second kappa shape index (κ2) is 3.89. The average molecular weight is 253 g/mol. The maximum atomic E-state index is 11.2. The molecule has 0 aliphatic carbocycles. The summed E-state index contributed by atoms with van der Waals surface area (Å²) in [5, 5.41) is 9.68. The summed E-state index contributed by atoms with van der Waals surface area (Å²) in [5.41, 5.74) is 1.09. The van der Waals surface area contributed by atoms with E-state index in [4.69, 9.17) is 5.11 Å². The van der Waals surface area contributed by atoms with Gasteiger partial charge in [0.2, 0.25) is 0 Å². The third kappa shape index (κ3) is 2.47. The van der Waals surface area contributed by atoms with Crippen LogP contribution in [0.15, 0.2) is 24.3 Å². The number of carbonyl (C=O) groups is 1. The monoisotopic (exact) mass is 253 g/mol. The SMILES string of the molecule is CS(=O)(=O)Cc1cc2cccc(C(=O)O)c2[nH]1. The summed E-state index contributed by atoms with van der Waals surface area (Å²) in [6.45, 7) is 0. The van der Waals surface area contributed by atoms with Gasteiger partial charge in [0.1, 0.15) is 0 Å². The first-order chi connectivity index (χ1) is 7.87. The fourth-order valence-corrected chi connectivity index (χ4v) is 2.47. The smallest absolute Gasteiger partial charge is 0.337 e. The van der Waals surface area contributed by atoms with Crippen LogP contribution in [0.1, 0.15) is 16.1 Å². The Labute approximate surface area is 98.0 Å². The number of rotatable bonds is 3. The summed E-state index contributed by atoms with van der Waals surface area (Å²) < 4.78 is 22.3. The lowest BCUT2D eigenvalue weighted by molar-refractivity contribution is 0.0699. The quantitative estimate of drug-likeness (QED) is 0.865. The van der Waals surface area contributed by atoms with Crippen LogP contribution in [0, 0.1) is 0 Å². The maximum Gasteiger partial charge on any atom is 0.337 e. The van der Waals surface area contributed by atoms with Crippen molar-refractivity contribution in [2.75, 3.05) is 6.26 Å². The second-order valence-electron chi connectivity index (χ2n) is 3.94. The molecule has 90 valence electrons. The zero-order valence-electron chi connectivity index (χ0n) is 9.10. The molecular formula is C11H11NO4S. The summed E-state index contributed by atoms with van der Waals surface area (Å²) >= 11 is 0. The van der Waals surface area contributed by atoms with E-state index in [1.807, 2.05) is 0 Å². The first-order valence-corrected chi connectivity index (χ1v) is 6.94. The predicted molar refractivity (Wildman–Crippen MR) is 63.8 cm³/mol. The molecule has 0 aliphatic heterocycles. The van der Waals surface area contributed by atoms with Crippen LogP contribution in [0.2, 0.25) is 0 Å². The molecule has 1 aromatic heterocycles. The van der Waals surface area contributed by atoms with Gasteiger partial charge >= 0.3 is 5.97 Å². The number of fused-ring (bicyclic) bond motifs is 1. The minimum Gasteiger partial charge on any atom is -0.478 e. The highest BCUT2D eigenvalue weighted by molar-refractivity contribution is 7.89. The maximum absolute atomic E-state index is 11.2. The number of aromatic carboxylic acids is 1. The van der Waals surface area contributed by atoms with E-state index >= 15 is 0 Å². The molecule has 0 spiro atoms. The summed E-state index contributed by atoms with van der Waals surface area (Å²) in [6, 6.07) is 6.50. The van der Waals surface area contributed by atoms with E-state index in [2.05, 4.69) is 4.98 Å². The van der Waals surface area contributed by atoms with Crippen molar-refractivity contribution in [3.05, 3.63) is 35.5 Å². The zero-order valence-corrected chi connectivity index (χ0v) is 9.91. The van der Waals surface area contributed by atoms with Crippen molar-refractivity contribution in [3.63, 3.8) is 0 Å². The molecule has 0 aliphatic rings. The van der Waals surface area contributed by atoms with Crippen LogP contribution >= 0.6 is 0 Å². The molecule has 5 nitrogen and oxygen atoms in total. The molecule has 0 fully saturated rings. The van der Waals surface area contributed by atoms with E-state index in [0.717, 1.165) is 6.26 Å². The molecule has 0 saturated carbocycles. The van der Waals surface area contributed by atoms with Crippen molar-refractivity contribution in [1.29, 1.82) is 0 Å². The fraction of sp³-hybridized carbons (Fsp3) is 0.182. The molecule has 0 amide bonds. The minimum atomic E-state index is -3.14. The van der Waals surface area contributed by atoms with Crippen LogP contribution < -0.4 is 0 Å². The standard InChI is InChI=1S/C11H11NO4S/c1-17(15,16)6-8-5-7-3-2-4-9(11(13)14)10(7)12-8/h2-5,12H,6H2,1H3,(H,13,14). The molecular weight excluding hydrogens is 242 g/mol. The van der Waals surface area contributed by atoms with Gasteiger partial charge in [-0.1, -0.05) is 12.1 Å². The van der Waals surface area contributed by atoms with E-state index in [0.29, 0.717) is 16.6 Å². The molecule has 1 heterocycles. The highest BCUT2D eigenvalue weighted by atomic mass is 32.2. The van der Waals surface area contributed by atoms with Gasteiger partial charge in [0.15, 0.2) is 9.84 Å².